The van der Waals surface area contributed by atoms with Crippen molar-refractivity contribution >= 4 is 11.6 Å². The topological polar surface area (TPSA) is 21.3 Å². The van der Waals surface area contributed by atoms with Gasteiger partial charge in [0.05, 0.1) is 0 Å². The maximum Gasteiger partial charge on any atom is 0.120 e. The van der Waals surface area contributed by atoms with E-state index in [1.807, 2.05) is 24.3 Å². The van der Waals surface area contributed by atoms with E-state index in [0.29, 0.717) is 6.61 Å². The zero-order valence-corrected chi connectivity index (χ0v) is 11.4. The Balaban J connectivity index is 1.70. The molecule has 1 heterocycles. The molecule has 2 nitrogen and oxygen atoms in total. The van der Waals surface area contributed by atoms with Gasteiger partial charge < -0.3 is 10.1 Å². The molecular formula is C16H16ClNO. The summed E-state index contributed by atoms with van der Waals surface area (Å²) >= 11 is 5.96. The monoisotopic (exact) mass is 273 g/mol. The van der Waals surface area contributed by atoms with Crippen LogP contribution in [0, 0.1) is 0 Å². The Morgan fingerprint density at radius 3 is 2.95 bits per heavy atom. The second-order valence-electron chi connectivity index (χ2n) is 4.78. The summed E-state index contributed by atoms with van der Waals surface area (Å²) in [6.45, 7) is 2.55. The van der Waals surface area contributed by atoms with Crippen LogP contribution in [0.5, 0.6) is 5.75 Å². The normalized spacial score (nSPS) is 13.9. The first kappa shape index (κ1) is 12.5. The van der Waals surface area contributed by atoms with E-state index in [0.717, 1.165) is 35.8 Å². The number of fused-ring (bicyclic) bond motifs is 1. The highest BCUT2D eigenvalue weighted by atomic mass is 35.5. The molecule has 0 radical (unpaired) electrons. The molecule has 19 heavy (non-hydrogen) atoms. The van der Waals surface area contributed by atoms with Gasteiger partial charge in [0.15, 0.2) is 0 Å². The molecule has 0 aromatic heterocycles. The third-order valence-electron chi connectivity index (χ3n) is 3.36. The Kier molecular flexibility index (Phi) is 3.72. The van der Waals surface area contributed by atoms with Gasteiger partial charge in [0, 0.05) is 11.6 Å². The zero-order valence-electron chi connectivity index (χ0n) is 10.7. The van der Waals surface area contributed by atoms with E-state index >= 15 is 0 Å². The van der Waals surface area contributed by atoms with Crippen LogP contribution in [0.15, 0.2) is 42.5 Å². The van der Waals surface area contributed by atoms with E-state index in [1.165, 1.54) is 11.1 Å². The maximum absolute atomic E-state index is 5.96. The van der Waals surface area contributed by atoms with Crippen molar-refractivity contribution in [1.29, 1.82) is 0 Å². The number of halogens is 1. The summed E-state index contributed by atoms with van der Waals surface area (Å²) in [5, 5.41) is 4.12. The molecule has 0 bridgehead atoms. The third kappa shape index (κ3) is 3.09. The van der Waals surface area contributed by atoms with Crippen LogP contribution < -0.4 is 10.1 Å². The Morgan fingerprint density at radius 1 is 1.11 bits per heavy atom. The minimum absolute atomic E-state index is 0.548. The van der Waals surface area contributed by atoms with Crippen molar-refractivity contribution in [1.82, 2.24) is 5.32 Å². The molecule has 0 atom stereocenters. The molecule has 0 aliphatic carbocycles. The number of hydrogen-bond donors (Lipinski definition) is 1. The molecule has 1 N–H and O–H groups in total. The Morgan fingerprint density at radius 2 is 2.05 bits per heavy atom. The quantitative estimate of drug-likeness (QED) is 0.923. The van der Waals surface area contributed by atoms with Crippen molar-refractivity contribution in [3.8, 4) is 5.75 Å². The lowest BCUT2D eigenvalue weighted by atomic mass is 10.0. The largest absolute Gasteiger partial charge is 0.489 e. The van der Waals surface area contributed by atoms with Gasteiger partial charge in [-0.2, -0.15) is 0 Å². The molecule has 0 fully saturated rings. The minimum Gasteiger partial charge on any atom is -0.489 e. The molecule has 1 aliphatic rings. The van der Waals surface area contributed by atoms with Crippen molar-refractivity contribution in [3.63, 3.8) is 0 Å². The summed E-state index contributed by atoms with van der Waals surface area (Å²) in [5.41, 5.74) is 3.85. The second kappa shape index (κ2) is 5.64. The van der Waals surface area contributed by atoms with Crippen molar-refractivity contribution in [2.45, 2.75) is 19.6 Å². The van der Waals surface area contributed by atoms with Crippen molar-refractivity contribution in [2.24, 2.45) is 0 Å². The molecular weight excluding hydrogens is 258 g/mol. The number of benzene rings is 2. The molecule has 0 amide bonds. The number of hydrogen-bond acceptors (Lipinski definition) is 2. The molecule has 2 aromatic carbocycles. The standard InChI is InChI=1S/C16H16ClNO/c17-15-3-1-2-12(8-15)11-19-16-5-4-13-6-7-18-10-14(13)9-16/h1-5,8-9,18H,6-7,10-11H2. The summed E-state index contributed by atoms with van der Waals surface area (Å²) in [5.74, 6) is 0.919. The average molecular weight is 274 g/mol. The number of nitrogens with one attached hydrogen (secondary N) is 1. The first-order valence-electron chi connectivity index (χ1n) is 6.51. The van der Waals surface area contributed by atoms with Gasteiger partial charge >= 0.3 is 0 Å². The molecule has 0 spiro atoms. The van der Waals surface area contributed by atoms with Crippen LogP contribution in [-0.4, -0.2) is 6.54 Å². The lowest BCUT2D eigenvalue weighted by Gasteiger charge is -2.18. The van der Waals surface area contributed by atoms with Crippen LogP contribution >= 0.6 is 11.6 Å². The van der Waals surface area contributed by atoms with Crippen molar-refractivity contribution in [3.05, 3.63) is 64.2 Å². The average Bonchev–Trinajstić information content (AvgIpc) is 2.45. The van der Waals surface area contributed by atoms with E-state index in [-0.39, 0.29) is 0 Å². The lowest BCUT2D eigenvalue weighted by Crippen LogP contribution is -2.23. The van der Waals surface area contributed by atoms with Gasteiger partial charge in [-0.25, -0.2) is 0 Å². The van der Waals surface area contributed by atoms with Gasteiger partial charge in [0.25, 0.3) is 0 Å². The van der Waals surface area contributed by atoms with Gasteiger partial charge in [-0.1, -0.05) is 29.8 Å². The molecule has 3 rings (SSSR count). The molecule has 0 saturated heterocycles. The van der Waals surface area contributed by atoms with Crippen LogP contribution in [0.1, 0.15) is 16.7 Å². The SMILES string of the molecule is Clc1cccc(COc2ccc3c(c2)CNCC3)c1. The van der Waals surface area contributed by atoms with Crippen molar-refractivity contribution < 1.29 is 4.74 Å². The Labute approximate surface area is 118 Å². The van der Waals surface area contributed by atoms with Crippen molar-refractivity contribution in [2.75, 3.05) is 6.54 Å². The molecule has 0 saturated carbocycles. The predicted octanol–water partition coefficient (Wildman–Crippen LogP) is 3.56. The van der Waals surface area contributed by atoms with Crippen LogP contribution in [0.3, 0.4) is 0 Å². The highest BCUT2D eigenvalue weighted by molar-refractivity contribution is 6.30. The zero-order chi connectivity index (χ0) is 13.1. The van der Waals surface area contributed by atoms with Crippen LogP contribution in [0.2, 0.25) is 5.02 Å². The summed E-state index contributed by atoms with van der Waals surface area (Å²) in [7, 11) is 0. The van der Waals surface area contributed by atoms with E-state index in [9.17, 15) is 0 Å². The fraction of sp³-hybridized carbons (Fsp3) is 0.250. The molecule has 0 unspecified atom stereocenters. The van der Waals surface area contributed by atoms with Gasteiger partial charge in [0.1, 0.15) is 12.4 Å². The molecule has 3 heteroatoms. The first-order chi connectivity index (χ1) is 9.31. The smallest absolute Gasteiger partial charge is 0.120 e. The number of rotatable bonds is 3. The van der Waals surface area contributed by atoms with Gasteiger partial charge in [0.2, 0.25) is 0 Å². The number of ether oxygens (including phenoxy) is 1. The van der Waals surface area contributed by atoms with Crippen LogP contribution in [0.4, 0.5) is 0 Å². The summed E-state index contributed by atoms with van der Waals surface area (Å²) < 4.78 is 5.83. The fourth-order valence-corrected chi connectivity index (χ4v) is 2.55. The van der Waals surface area contributed by atoms with E-state index in [4.69, 9.17) is 16.3 Å². The maximum atomic E-state index is 5.96. The van der Waals surface area contributed by atoms with Gasteiger partial charge in [-0.05, 0) is 53.9 Å². The molecule has 98 valence electrons. The third-order valence-corrected chi connectivity index (χ3v) is 3.59. The van der Waals surface area contributed by atoms with Gasteiger partial charge in [-0.15, -0.1) is 0 Å². The predicted molar refractivity (Wildman–Crippen MR) is 77.6 cm³/mol. The lowest BCUT2D eigenvalue weighted by molar-refractivity contribution is 0.305. The Hall–Kier alpha value is -1.51. The van der Waals surface area contributed by atoms with Crippen LogP contribution in [0.25, 0.3) is 0 Å². The summed E-state index contributed by atoms with van der Waals surface area (Å²) in [6, 6.07) is 14.1. The molecule has 2 aromatic rings. The van der Waals surface area contributed by atoms with E-state index in [1.54, 1.807) is 0 Å². The van der Waals surface area contributed by atoms with E-state index in [2.05, 4.69) is 23.5 Å². The Bertz CT molecular complexity index is 583. The summed E-state index contributed by atoms with van der Waals surface area (Å²) in [4.78, 5) is 0. The minimum atomic E-state index is 0.548. The van der Waals surface area contributed by atoms with Crippen LogP contribution in [-0.2, 0) is 19.6 Å². The molecule has 1 aliphatic heterocycles. The highest BCUT2D eigenvalue weighted by Crippen LogP contribution is 2.21. The fourth-order valence-electron chi connectivity index (χ4n) is 2.34. The van der Waals surface area contributed by atoms with Gasteiger partial charge in [-0.3, -0.25) is 0 Å². The highest BCUT2D eigenvalue weighted by Gasteiger charge is 2.09. The van der Waals surface area contributed by atoms with E-state index < -0.39 is 0 Å². The second-order valence-corrected chi connectivity index (χ2v) is 5.21. The first-order valence-corrected chi connectivity index (χ1v) is 6.89. The summed E-state index contributed by atoms with van der Waals surface area (Å²) in [6.07, 6.45) is 1.10.